The lowest BCUT2D eigenvalue weighted by atomic mass is 9.97. The highest BCUT2D eigenvalue weighted by atomic mass is 19.4. The number of anilines is 1. The standard InChI is InChI=1S/C13H18F3N3/c1-8(2)3-6-12(19-18)10-7-9(13(14,15)16)4-5-11(10)17/h4-5,7,12,19H,1,3,6,17-18H2,2H3. The van der Waals surface area contributed by atoms with E-state index in [9.17, 15) is 13.2 Å². The van der Waals surface area contributed by atoms with Gasteiger partial charge in [0, 0.05) is 11.7 Å². The maximum atomic E-state index is 12.7. The molecule has 0 amide bonds. The minimum atomic E-state index is -4.39. The summed E-state index contributed by atoms with van der Waals surface area (Å²) in [7, 11) is 0. The van der Waals surface area contributed by atoms with E-state index in [1.165, 1.54) is 6.07 Å². The SMILES string of the molecule is C=C(C)CCC(NN)c1cc(C(F)(F)F)ccc1N. The molecule has 6 heteroatoms. The number of hydrogen-bond donors (Lipinski definition) is 3. The number of nitrogen functional groups attached to an aromatic ring is 1. The van der Waals surface area contributed by atoms with Gasteiger partial charge in [0.1, 0.15) is 0 Å². The Bertz CT molecular complexity index is 455. The van der Waals surface area contributed by atoms with Gasteiger partial charge in [-0.1, -0.05) is 5.57 Å². The van der Waals surface area contributed by atoms with Crippen LogP contribution in [-0.4, -0.2) is 0 Å². The van der Waals surface area contributed by atoms with Gasteiger partial charge in [-0.15, -0.1) is 6.58 Å². The summed E-state index contributed by atoms with van der Waals surface area (Å²) in [6.07, 6.45) is -3.20. The minimum Gasteiger partial charge on any atom is -0.398 e. The smallest absolute Gasteiger partial charge is 0.398 e. The highest BCUT2D eigenvalue weighted by molar-refractivity contribution is 5.50. The fourth-order valence-electron chi connectivity index (χ4n) is 1.77. The van der Waals surface area contributed by atoms with Crippen molar-refractivity contribution >= 4 is 5.69 Å². The molecule has 1 unspecified atom stereocenters. The maximum Gasteiger partial charge on any atom is 0.416 e. The van der Waals surface area contributed by atoms with Crippen molar-refractivity contribution in [1.82, 2.24) is 5.43 Å². The molecule has 0 fully saturated rings. The molecule has 0 bridgehead atoms. The van der Waals surface area contributed by atoms with Crippen LogP contribution in [-0.2, 0) is 6.18 Å². The molecule has 0 saturated heterocycles. The van der Waals surface area contributed by atoms with Crippen LogP contribution >= 0.6 is 0 Å². The van der Waals surface area contributed by atoms with Gasteiger partial charge in [0.15, 0.2) is 0 Å². The summed E-state index contributed by atoms with van der Waals surface area (Å²) in [4.78, 5) is 0. The predicted octanol–water partition coefficient (Wildman–Crippen LogP) is 3.15. The molecule has 19 heavy (non-hydrogen) atoms. The molecule has 1 aromatic carbocycles. The summed E-state index contributed by atoms with van der Waals surface area (Å²) >= 11 is 0. The number of rotatable bonds is 5. The predicted molar refractivity (Wildman–Crippen MR) is 70.0 cm³/mol. The molecule has 3 nitrogen and oxygen atoms in total. The molecule has 0 aliphatic heterocycles. The van der Waals surface area contributed by atoms with Crippen molar-refractivity contribution in [2.45, 2.75) is 32.0 Å². The quantitative estimate of drug-likeness (QED) is 0.334. The van der Waals surface area contributed by atoms with Gasteiger partial charge in [-0.2, -0.15) is 13.2 Å². The van der Waals surface area contributed by atoms with Crippen LogP contribution in [0.3, 0.4) is 0 Å². The van der Waals surface area contributed by atoms with Gasteiger partial charge in [0.25, 0.3) is 0 Å². The molecule has 0 aromatic heterocycles. The number of allylic oxidation sites excluding steroid dienone is 1. The monoisotopic (exact) mass is 273 g/mol. The van der Waals surface area contributed by atoms with Crippen LogP contribution in [0.1, 0.15) is 36.9 Å². The second-order valence-corrected chi connectivity index (χ2v) is 4.56. The number of nitrogens with one attached hydrogen (secondary N) is 1. The largest absolute Gasteiger partial charge is 0.416 e. The van der Waals surface area contributed by atoms with E-state index < -0.39 is 17.8 Å². The zero-order valence-corrected chi connectivity index (χ0v) is 10.7. The summed E-state index contributed by atoms with van der Waals surface area (Å²) in [5, 5.41) is 0. The first-order valence-corrected chi connectivity index (χ1v) is 5.83. The van der Waals surface area contributed by atoms with Gasteiger partial charge in [-0.05, 0) is 43.5 Å². The lowest BCUT2D eigenvalue weighted by molar-refractivity contribution is -0.137. The van der Waals surface area contributed by atoms with Gasteiger partial charge in [0.05, 0.1) is 5.56 Å². The van der Waals surface area contributed by atoms with Crippen LogP contribution in [0.15, 0.2) is 30.4 Å². The second-order valence-electron chi connectivity index (χ2n) is 4.56. The first-order valence-electron chi connectivity index (χ1n) is 5.83. The third kappa shape index (κ3) is 4.25. The Morgan fingerprint density at radius 3 is 2.53 bits per heavy atom. The van der Waals surface area contributed by atoms with Crippen LogP contribution in [0.4, 0.5) is 18.9 Å². The number of nitrogens with two attached hydrogens (primary N) is 2. The van der Waals surface area contributed by atoms with Gasteiger partial charge in [-0.25, -0.2) is 0 Å². The van der Waals surface area contributed by atoms with E-state index in [4.69, 9.17) is 11.6 Å². The molecule has 1 rings (SSSR count). The molecule has 0 saturated carbocycles. The van der Waals surface area contributed by atoms with Crippen molar-refractivity contribution in [2.75, 3.05) is 5.73 Å². The first kappa shape index (κ1) is 15.5. The van der Waals surface area contributed by atoms with E-state index in [0.29, 0.717) is 18.4 Å². The minimum absolute atomic E-state index is 0.290. The number of alkyl halides is 3. The third-order valence-electron chi connectivity index (χ3n) is 2.85. The summed E-state index contributed by atoms with van der Waals surface area (Å²) in [6.45, 7) is 5.60. The molecule has 0 aliphatic rings. The fourth-order valence-corrected chi connectivity index (χ4v) is 1.77. The number of hydrazine groups is 1. The van der Waals surface area contributed by atoms with E-state index >= 15 is 0 Å². The van der Waals surface area contributed by atoms with Gasteiger partial charge < -0.3 is 5.73 Å². The number of benzene rings is 1. The summed E-state index contributed by atoms with van der Waals surface area (Å²) < 4.78 is 38.0. The molecular weight excluding hydrogens is 255 g/mol. The Morgan fingerprint density at radius 2 is 2.05 bits per heavy atom. The van der Waals surface area contributed by atoms with Crippen molar-refractivity contribution in [1.29, 1.82) is 0 Å². The fraction of sp³-hybridized carbons (Fsp3) is 0.385. The summed E-state index contributed by atoms with van der Waals surface area (Å²) in [5.41, 5.74) is 9.09. The van der Waals surface area contributed by atoms with Gasteiger partial charge >= 0.3 is 6.18 Å². The van der Waals surface area contributed by atoms with Crippen LogP contribution in [0.25, 0.3) is 0 Å². The molecule has 0 heterocycles. The molecule has 1 atom stereocenters. The number of halogens is 3. The lowest BCUT2D eigenvalue weighted by Crippen LogP contribution is -2.29. The van der Waals surface area contributed by atoms with Crippen molar-refractivity contribution in [3.05, 3.63) is 41.5 Å². The molecule has 0 radical (unpaired) electrons. The Kier molecular flexibility index (Phi) is 4.97. The molecule has 5 N–H and O–H groups in total. The van der Waals surface area contributed by atoms with Crippen molar-refractivity contribution < 1.29 is 13.2 Å². The highest BCUT2D eigenvalue weighted by Crippen LogP contribution is 2.34. The van der Waals surface area contributed by atoms with E-state index in [2.05, 4.69) is 12.0 Å². The Hall–Kier alpha value is -1.53. The highest BCUT2D eigenvalue weighted by Gasteiger charge is 2.31. The van der Waals surface area contributed by atoms with Crippen molar-refractivity contribution in [3.63, 3.8) is 0 Å². The van der Waals surface area contributed by atoms with E-state index in [-0.39, 0.29) is 5.69 Å². The average Bonchev–Trinajstić information content (AvgIpc) is 2.30. The lowest BCUT2D eigenvalue weighted by Gasteiger charge is -2.20. The summed E-state index contributed by atoms with van der Waals surface area (Å²) in [6, 6.07) is 2.83. The zero-order chi connectivity index (χ0) is 14.6. The van der Waals surface area contributed by atoms with Crippen molar-refractivity contribution in [3.8, 4) is 0 Å². The molecule has 0 spiro atoms. The molecule has 106 valence electrons. The Balaban J connectivity index is 3.05. The molecular formula is C13H18F3N3. The van der Waals surface area contributed by atoms with E-state index in [1.54, 1.807) is 0 Å². The topological polar surface area (TPSA) is 64.1 Å². The number of hydrogen-bond acceptors (Lipinski definition) is 3. The van der Waals surface area contributed by atoms with Crippen LogP contribution < -0.4 is 17.0 Å². The first-order chi connectivity index (χ1) is 8.75. The zero-order valence-electron chi connectivity index (χ0n) is 10.7. The maximum absolute atomic E-state index is 12.7. The second kappa shape index (κ2) is 6.08. The van der Waals surface area contributed by atoms with E-state index in [1.807, 2.05) is 6.92 Å². The van der Waals surface area contributed by atoms with E-state index in [0.717, 1.165) is 17.7 Å². The summed E-state index contributed by atoms with van der Waals surface area (Å²) in [5.74, 6) is 5.40. The average molecular weight is 273 g/mol. The van der Waals surface area contributed by atoms with Crippen LogP contribution in [0, 0.1) is 0 Å². The van der Waals surface area contributed by atoms with Crippen LogP contribution in [0.2, 0.25) is 0 Å². The third-order valence-corrected chi connectivity index (χ3v) is 2.85. The molecule has 0 aliphatic carbocycles. The van der Waals surface area contributed by atoms with Gasteiger partial charge in [-0.3, -0.25) is 11.3 Å². The molecule has 1 aromatic rings. The van der Waals surface area contributed by atoms with Crippen LogP contribution in [0.5, 0.6) is 0 Å². The Labute approximate surface area is 110 Å². The van der Waals surface area contributed by atoms with Gasteiger partial charge in [0.2, 0.25) is 0 Å². The van der Waals surface area contributed by atoms with Crippen molar-refractivity contribution in [2.24, 2.45) is 5.84 Å². The normalized spacial score (nSPS) is 13.3. The Morgan fingerprint density at radius 1 is 1.42 bits per heavy atom.